The molecule has 1 unspecified atom stereocenters. The van der Waals surface area contributed by atoms with Gasteiger partial charge in [-0.05, 0) is 30.9 Å². The summed E-state index contributed by atoms with van der Waals surface area (Å²) in [6.45, 7) is 1.97. The lowest BCUT2D eigenvalue weighted by atomic mass is 9.86. The molecule has 1 atom stereocenters. The standard InChI is InChI=1S/C19H21NO3/c1-2-23-19(21)18(20-22)14-13-17(15-9-5-3-6-10-15)16-11-7-4-8-12-16/h3-12,17-18H,2,13-14H2,1H3. The molecule has 0 bridgehead atoms. The number of rotatable bonds is 8. The van der Waals surface area contributed by atoms with E-state index >= 15 is 0 Å². The van der Waals surface area contributed by atoms with E-state index in [9.17, 15) is 9.70 Å². The van der Waals surface area contributed by atoms with Crippen molar-refractivity contribution in [3.05, 3.63) is 76.7 Å². The summed E-state index contributed by atoms with van der Waals surface area (Å²) >= 11 is 0. The molecule has 0 heterocycles. The molecule has 0 saturated carbocycles. The Kier molecular flexibility index (Phi) is 6.48. The van der Waals surface area contributed by atoms with Gasteiger partial charge in [0.15, 0.2) is 6.04 Å². The van der Waals surface area contributed by atoms with Crippen molar-refractivity contribution in [1.82, 2.24) is 0 Å². The molecule has 0 aliphatic carbocycles. The Hall–Kier alpha value is -2.49. The van der Waals surface area contributed by atoms with Crippen LogP contribution in [-0.4, -0.2) is 18.6 Å². The van der Waals surface area contributed by atoms with Crippen LogP contribution in [0.3, 0.4) is 0 Å². The molecular weight excluding hydrogens is 290 g/mol. The normalized spacial score (nSPS) is 11.9. The van der Waals surface area contributed by atoms with Crippen LogP contribution in [0.25, 0.3) is 0 Å². The maximum absolute atomic E-state index is 11.7. The maximum Gasteiger partial charge on any atom is 0.334 e. The van der Waals surface area contributed by atoms with Gasteiger partial charge in [0.1, 0.15) is 0 Å². The molecule has 4 nitrogen and oxygen atoms in total. The highest BCUT2D eigenvalue weighted by Gasteiger charge is 2.23. The first kappa shape index (κ1) is 16.9. The van der Waals surface area contributed by atoms with Crippen LogP contribution in [0.5, 0.6) is 0 Å². The molecule has 0 saturated heterocycles. The average Bonchev–Trinajstić information content (AvgIpc) is 2.60. The molecule has 0 aliphatic rings. The van der Waals surface area contributed by atoms with Crippen molar-refractivity contribution in [2.75, 3.05) is 6.61 Å². The van der Waals surface area contributed by atoms with Crippen LogP contribution in [0, 0.1) is 4.91 Å². The van der Waals surface area contributed by atoms with Gasteiger partial charge in [0.2, 0.25) is 0 Å². The van der Waals surface area contributed by atoms with Crippen molar-refractivity contribution in [3.63, 3.8) is 0 Å². The summed E-state index contributed by atoms with van der Waals surface area (Å²) in [5, 5.41) is 2.94. The van der Waals surface area contributed by atoms with Crippen molar-refractivity contribution in [3.8, 4) is 0 Å². The largest absolute Gasteiger partial charge is 0.464 e. The molecule has 120 valence electrons. The molecule has 2 aromatic carbocycles. The topological polar surface area (TPSA) is 55.7 Å². The Morgan fingerprint density at radius 3 is 1.91 bits per heavy atom. The zero-order valence-electron chi connectivity index (χ0n) is 13.2. The number of nitrogens with zero attached hydrogens (tertiary/aromatic N) is 1. The summed E-state index contributed by atoms with van der Waals surface area (Å²) in [5.41, 5.74) is 2.32. The second kappa shape index (κ2) is 8.83. The molecule has 2 rings (SSSR count). The molecule has 0 spiro atoms. The maximum atomic E-state index is 11.7. The fourth-order valence-electron chi connectivity index (χ4n) is 2.67. The van der Waals surface area contributed by atoms with Crippen molar-refractivity contribution in [2.24, 2.45) is 5.18 Å². The van der Waals surface area contributed by atoms with Crippen molar-refractivity contribution >= 4 is 5.97 Å². The van der Waals surface area contributed by atoms with E-state index in [0.717, 1.165) is 11.1 Å². The second-order valence-corrected chi connectivity index (χ2v) is 5.32. The monoisotopic (exact) mass is 311 g/mol. The summed E-state index contributed by atoms with van der Waals surface area (Å²) in [5.74, 6) is -0.418. The number of esters is 1. The van der Waals surface area contributed by atoms with Gasteiger partial charge in [-0.2, -0.15) is 0 Å². The Bertz CT molecular complexity index is 574. The Labute approximate surface area is 136 Å². The zero-order chi connectivity index (χ0) is 16.5. The van der Waals surface area contributed by atoms with Crippen LogP contribution in [0.1, 0.15) is 36.8 Å². The molecule has 23 heavy (non-hydrogen) atoms. The Morgan fingerprint density at radius 1 is 0.957 bits per heavy atom. The van der Waals surface area contributed by atoms with Gasteiger partial charge in [-0.3, -0.25) is 0 Å². The minimum absolute atomic E-state index is 0.121. The molecule has 4 heteroatoms. The SMILES string of the molecule is CCOC(=O)C(CCC(c1ccccc1)c1ccccc1)N=O. The molecule has 0 amide bonds. The van der Waals surface area contributed by atoms with E-state index in [1.165, 1.54) is 0 Å². The summed E-state index contributed by atoms with van der Waals surface area (Å²) in [4.78, 5) is 22.7. The highest BCUT2D eigenvalue weighted by molar-refractivity contribution is 5.75. The number of hydrogen-bond donors (Lipinski definition) is 0. The van der Waals surface area contributed by atoms with Gasteiger partial charge in [-0.15, -0.1) is 4.91 Å². The first-order valence-electron chi connectivity index (χ1n) is 7.85. The van der Waals surface area contributed by atoms with E-state index in [1.54, 1.807) is 6.92 Å². The van der Waals surface area contributed by atoms with E-state index < -0.39 is 12.0 Å². The first-order valence-corrected chi connectivity index (χ1v) is 7.85. The van der Waals surface area contributed by atoms with Gasteiger partial charge in [0.25, 0.3) is 0 Å². The van der Waals surface area contributed by atoms with Gasteiger partial charge in [0, 0.05) is 5.92 Å². The van der Waals surface area contributed by atoms with Crippen molar-refractivity contribution < 1.29 is 9.53 Å². The lowest BCUT2D eigenvalue weighted by Gasteiger charge is -2.19. The van der Waals surface area contributed by atoms with Crippen LogP contribution in [0.15, 0.2) is 65.8 Å². The van der Waals surface area contributed by atoms with Crippen LogP contribution < -0.4 is 0 Å². The van der Waals surface area contributed by atoms with Gasteiger partial charge >= 0.3 is 5.97 Å². The van der Waals surface area contributed by atoms with Gasteiger partial charge < -0.3 is 4.74 Å². The average molecular weight is 311 g/mol. The number of ether oxygens (including phenoxy) is 1. The molecule has 0 radical (unpaired) electrons. The van der Waals surface area contributed by atoms with Crippen LogP contribution in [0.4, 0.5) is 0 Å². The fourth-order valence-corrected chi connectivity index (χ4v) is 2.67. The third kappa shape index (κ3) is 4.74. The molecule has 0 fully saturated rings. The van der Waals surface area contributed by atoms with E-state index in [0.29, 0.717) is 12.8 Å². The molecule has 0 N–H and O–H groups in total. The minimum Gasteiger partial charge on any atom is -0.464 e. The predicted molar refractivity (Wildman–Crippen MR) is 90.2 cm³/mol. The van der Waals surface area contributed by atoms with E-state index in [-0.39, 0.29) is 12.5 Å². The summed E-state index contributed by atoms with van der Waals surface area (Å²) in [6.07, 6.45) is 1.03. The zero-order valence-corrected chi connectivity index (χ0v) is 13.2. The number of carbonyl (C=O) groups excluding carboxylic acids is 1. The van der Waals surface area contributed by atoms with Gasteiger partial charge in [0.05, 0.1) is 6.61 Å². The van der Waals surface area contributed by atoms with Gasteiger partial charge in [-0.25, -0.2) is 4.79 Å². The summed E-state index contributed by atoms with van der Waals surface area (Å²) in [6, 6.07) is 19.2. The van der Waals surface area contributed by atoms with Crippen LogP contribution >= 0.6 is 0 Å². The molecule has 2 aromatic rings. The number of benzene rings is 2. The van der Waals surface area contributed by atoms with Gasteiger partial charge in [-0.1, -0.05) is 65.8 Å². The molecule has 0 aliphatic heterocycles. The number of nitroso groups, excluding NO2 is 1. The fraction of sp³-hybridized carbons (Fsp3) is 0.316. The highest BCUT2D eigenvalue weighted by Crippen LogP contribution is 2.30. The third-order valence-electron chi connectivity index (χ3n) is 3.82. The lowest BCUT2D eigenvalue weighted by molar-refractivity contribution is -0.144. The first-order chi connectivity index (χ1) is 11.3. The summed E-state index contributed by atoms with van der Waals surface area (Å²) < 4.78 is 4.91. The smallest absolute Gasteiger partial charge is 0.334 e. The lowest BCUT2D eigenvalue weighted by Crippen LogP contribution is -2.22. The summed E-state index contributed by atoms with van der Waals surface area (Å²) in [7, 11) is 0. The third-order valence-corrected chi connectivity index (χ3v) is 3.82. The Balaban J connectivity index is 2.16. The molecule has 0 aromatic heterocycles. The molecular formula is C19H21NO3. The van der Waals surface area contributed by atoms with E-state index in [4.69, 9.17) is 4.74 Å². The predicted octanol–water partition coefficient (Wildman–Crippen LogP) is 4.30. The van der Waals surface area contributed by atoms with Crippen molar-refractivity contribution in [1.29, 1.82) is 0 Å². The minimum atomic E-state index is -0.940. The highest BCUT2D eigenvalue weighted by atomic mass is 16.5. The Morgan fingerprint density at radius 2 is 1.48 bits per heavy atom. The van der Waals surface area contributed by atoms with Crippen LogP contribution in [-0.2, 0) is 9.53 Å². The van der Waals surface area contributed by atoms with E-state index in [1.807, 2.05) is 36.4 Å². The quantitative estimate of drug-likeness (QED) is 0.539. The van der Waals surface area contributed by atoms with Crippen molar-refractivity contribution in [2.45, 2.75) is 31.7 Å². The number of carbonyl (C=O) groups is 1. The van der Waals surface area contributed by atoms with Crippen LogP contribution in [0.2, 0.25) is 0 Å². The number of hydrogen-bond acceptors (Lipinski definition) is 4. The van der Waals surface area contributed by atoms with E-state index in [2.05, 4.69) is 29.4 Å². The second-order valence-electron chi connectivity index (χ2n) is 5.32.